The maximum absolute atomic E-state index is 11.4. The maximum Gasteiger partial charge on any atom is 0.312 e. The zero-order valence-corrected chi connectivity index (χ0v) is 9.38. The van der Waals surface area contributed by atoms with E-state index in [9.17, 15) is 4.79 Å². The topological polar surface area (TPSA) is 26.3 Å². The minimum absolute atomic E-state index is 0.0355. The Balaban J connectivity index is 2.36. The molecule has 0 saturated carbocycles. The third-order valence-electron chi connectivity index (χ3n) is 2.72. The quantitative estimate of drug-likeness (QED) is 0.510. The fourth-order valence-corrected chi connectivity index (χ4v) is 1.54. The average molecular weight is 196 g/mol. The number of hydrogen-bond acceptors (Lipinski definition) is 2. The summed E-state index contributed by atoms with van der Waals surface area (Å²) in [4.78, 5) is 11.4. The molecule has 1 aliphatic heterocycles. The molecule has 0 bridgehead atoms. The molecule has 1 fully saturated rings. The van der Waals surface area contributed by atoms with Gasteiger partial charge in [0.05, 0.1) is 12.0 Å². The minimum Gasteiger partial charge on any atom is -0.465 e. The molecule has 0 aliphatic carbocycles. The van der Waals surface area contributed by atoms with Crippen LogP contribution >= 0.6 is 0 Å². The van der Waals surface area contributed by atoms with Gasteiger partial charge in [0.2, 0.25) is 0 Å². The lowest BCUT2D eigenvalue weighted by Gasteiger charge is -2.15. The van der Waals surface area contributed by atoms with Crippen molar-refractivity contribution in [2.45, 2.75) is 40.0 Å². The minimum atomic E-state index is -0.256. The van der Waals surface area contributed by atoms with E-state index in [4.69, 9.17) is 4.74 Å². The van der Waals surface area contributed by atoms with E-state index in [1.54, 1.807) is 0 Å². The van der Waals surface area contributed by atoms with Crippen LogP contribution in [0.25, 0.3) is 0 Å². The van der Waals surface area contributed by atoms with Crippen molar-refractivity contribution in [2.75, 3.05) is 6.61 Å². The summed E-state index contributed by atoms with van der Waals surface area (Å²) in [6.07, 6.45) is 7.05. The highest BCUT2D eigenvalue weighted by molar-refractivity contribution is 5.78. The van der Waals surface area contributed by atoms with E-state index in [1.807, 2.05) is 6.92 Å². The summed E-state index contributed by atoms with van der Waals surface area (Å²) >= 11 is 0. The van der Waals surface area contributed by atoms with Gasteiger partial charge < -0.3 is 4.74 Å². The van der Waals surface area contributed by atoms with Gasteiger partial charge >= 0.3 is 5.97 Å². The van der Waals surface area contributed by atoms with Crippen LogP contribution in [0.2, 0.25) is 0 Å². The lowest BCUT2D eigenvalue weighted by atomic mass is 9.85. The summed E-state index contributed by atoms with van der Waals surface area (Å²) in [5.41, 5.74) is -0.256. The third-order valence-corrected chi connectivity index (χ3v) is 2.72. The molecule has 14 heavy (non-hydrogen) atoms. The van der Waals surface area contributed by atoms with Crippen LogP contribution in [-0.2, 0) is 9.53 Å². The number of hydrogen-bond donors (Lipinski definition) is 0. The molecule has 1 rings (SSSR count). The van der Waals surface area contributed by atoms with Gasteiger partial charge in [-0.1, -0.05) is 26.0 Å². The molecule has 0 aromatic carbocycles. The molecule has 1 atom stereocenters. The van der Waals surface area contributed by atoms with Gasteiger partial charge in [-0.3, -0.25) is 4.79 Å². The molecule has 0 spiro atoms. The highest BCUT2D eigenvalue weighted by Gasteiger charge is 2.38. The second-order valence-corrected chi connectivity index (χ2v) is 4.75. The first-order valence-corrected chi connectivity index (χ1v) is 5.37. The third kappa shape index (κ3) is 2.86. The molecule has 80 valence electrons. The van der Waals surface area contributed by atoms with Crippen LogP contribution in [0.15, 0.2) is 12.2 Å². The van der Waals surface area contributed by atoms with Gasteiger partial charge in [-0.2, -0.15) is 0 Å². The smallest absolute Gasteiger partial charge is 0.312 e. The van der Waals surface area contributed by atoms with Crippen molar-refractivity contribution in [2.24, 2.45) is 11.3 Å². The number of rotatable bonds is 4. The van der Waals surface area contributed by atoms with Crippen molar-refractivity contribution in [3.05, 3.63) is 12.2 Å². The normalized spacial score (nSPS) is 27.6. The first-order valence-electron chi connectivity index (χ1n) is 5.37. The van der Waals surface area contributed by atoms with E-state index in [0.717, 1.165) is 19.3 Å². The number of allylic oxidation sites excluding steroid dienone is 2. The van der Waals surface area contributed by atoms with E-state index in [0.29, 0.717) is 12.5 Å². The Kier molecular flexibility index (Phi) is 3.73. The molecule has 1 aliphatic rings. The first-order chi connectivity index (χ1) is 6.54. The Labute approximate surface area is 86.3 Å². The fourth-order valence-electron chi connectivity index (χ4n) is 1.54. The van der Waals surface area contributed by atoms with Crippen LogP contribution in [0.5, 0.6) is 0 Å². The Hall–Kier alpha value is -0.790. The van der Waals surface area contributed by atoms with Crippen molar-refractivity contribution in [1.82, 2.24) is 0 Å². The summed E-state index contributed by atoms with van der Waals surface area (Å²) < 4.78 is 4.97. The summed E-state index contributed by atoms with van der Waals surface area (Å²) in [5, 5.41) is 0. The van der Waals surface area contributed by atoms with E-state index in [-0.39, 0.29) is 11.4 Å². The highest BCUT2D eigenvalue weighted by atomic mass is 16.5. The van der Waals surface area contributed by atoms with Crippen LogP contribution in [0, 0.1) is 11.3 Å². The van der Waals surface area contributed by atoms with Crippen molar-refractivity contribution in [1.29, 1.82) is 0 Å². The SMILES string of the molecule is CC(C)C/C=C\CC1(C)CCOC1=O. The van der Waals surface area contributed by atoms with Crippen molar-refractivity contribution in [3.63, 3.8) is 0 Å². The molecule has 1 saturated heterocycles. The molecule has 1 heterocycles. The Morgan fingerprint density at radius 1 is 1.50 bits per heavy atom. The Morgan fingerprint density at radius 3 is 2.71 bits per heavy atom. The number of esters is 1. The van der Waals surface area contributed by atoms with E-state index < -0.39 is 0 Å². The van der Waals surface area contributed by atoms with Gasteiger partial charge in [0.25, 0.3) is 0 Å². The molecule has 0 radical (unpaired) electrons. The largest absolute Gasteiger partial charge is 0.465 e. The number of ether oxygens (including phenoxy) is 1. The van der Waals surface area contributed by atoms with Crippen molar-refractivity contribution >= 4 is 5.97 Å². The van der Waals surface area contributed by atoms with Gasteiger partial charge in [-0.25, -0.2) is 0 Å². The van der Waals surface area contributed by atoms with Gasteiger partial charge in [0.1, 0.15) is 0 Å². The van der Waals surface area contributed by atoms with Crippen LogP contribution in [-0.4, -0.2) is 12.6 Å². The van der Waals surface area contributed by atoms with E-state index in [2.05, 4.69) is 26.0 Å². The zero-order chi connectivity index (χ0) is 10.6. The van der Waals surface area contributed by atoms with Gasteiger partial charge in [0, 0.05) is 0 Å². The molecule has 0 amide bonds. The lowest BCUT2D eigenvalue weighted by Crippen LogP contribution is -2.21. The average Bonchev–Trinajstić information content (AvgIpc) is 2.42. The molecule has 2 nitrogen and oxygen atoms in total. The van der Waals surface area contributed by atoms with Crippen LogP contribution < -0.4 is 0 Å². The first kappa shape index (κ1) is 11.3. The molecule has 1 unspecified atom stereocenters. The van der Waals surface area contributed by atoms with Gasteiger partial charge in [-0.15, -0.1) is 0 Å². The van der Waals surface area contributed by atoms with E-state index in [1.165, 1.54) is 0 Å². The predicted octanol–water partition coefficient (Wildman–Crippen LogP) is 2.93. The Bertz CT molecular complexity index is 230. The summed E-state index contributed by atoms with van der Waals surface area (Å²) in [5.74, 6) is 0.654. The van der Waals surface area contributed by atoms with Crippen LogP contribution in [0.3, 0.4) is 0 Å². The molecule has 0 N–H and O–H groups in total. The summed E-state index contributed by atoms with van der Waals surface area (Å²) in [7, 11) is 0. The van der Waals surface area contributed by atoms with Gasteiger partial charge in [-0.05, 0) is 32.1 Å². The second kappa shape index (κ2) is 4.63. The van der Waals surface area contributed by atoms with Crippen molar-refractivity contribution in [3.8, 4) is 0 Å². The summed E-state index contributed by atoms with van der Waals surface area (Å²) in [6, 6.07) is 0. The maximum atomic E-state index is 11.4. The number of carbonyl (C=O) groups is 1. The van der Waals surface area contributed by atoms with Crippen LogP contribution in [0.4, 0.5) is 0 Å². The zero-order valence-electron chi connectivity index (χ0n) is 9.38. The molecule has 0 aromatic heterocycles. The number of carbonyl (C=O) groups excluding carboxylic acids is 1. The molecular weight excluding hydrogens is 176 g/mol. The molecule has 2 heteroatoms. The van der Waals surface area contributed by atoms with Crippen molar-refractivity contribution < 1.29 is 9.53 Å². The molecular formula is C12H20O2. The number of cyclic esters (lactones) is 1. The lowest BCUT2D eigenvalue weighted by molar-refractivity contribution is -0.145. The second-order valence-electron chi connectivity index (χ2n) is 4.75. The summed E-state index contributed by atoms with van der Waals surface area (Å²) in [6.45, 7) is 6.96. The predicted molar refractivity (Wildman–Crippen MR) is 56.9 cm³/mol. The molecule has 0 aromatic rings. The Morgan fingerprint density at radius 2 is 2.21 bits per heavy atom. The van der Waals surface area contributed by atoms with E-state index >= 15 is 0 Å². The van der Waals surface area contributed by atoms with Crippen LogP contribution in [0.1, 0.15) is 40.0 Å². The highest BCUT2D eigenvalue weighted by Crippen LogP contribution is 2.33. The standard InChI is InChI=1S/C12H20O2/c1-10(2)6-4-5-7-12(3)8-9-14-11(12)13/h4-5,10H,6-9H2,1-3H3/b5-4-. The fraction of sp³-hybridized carbons (Fsp3) is 0.750. The van der Waals surface area contributed by atoms with Gasteiger partial charge in [0.15, 0.2) is 0 Å². The monoisotopic (exact) mass is 196 g/mol.